The number of carbonyl (C=O) groups is 2. The normalized spacial score (nSPS) is 19.8. The fourth-order valence-electron chi connectivity index (χ4n) is 2.70. The summed E-state index contributed by atoms with van der Waals surface area (Å²) in [6, 6.07) is 0.368. The van der Waals surface area contributed by atoms with E-state index in [4.69, 9.17) is 4.74 Å². The molecular weight excluding hydrogens is 230 g/mol. The number of carbonyl (C=O) groups excluding carboxylic acids is 2. The van der Waals surface area contributed by atoms with Gasteiger partial charge in [-0.1, -0.05) is 12.8 Å². The van der Waals surface area contributed by atoms with Gasteiger partial charge in [0.15, 0.2) is 0 Å². The van der Waals surface area contributed by atoms with Gasteiger partial charge in [-0.15, -0.1) is 0 Å². The first-order valence-corrected chi connectivity index (χ1v) is 7.18. The van der Waals surface area contributed by atoms with Crippen molar-refractivity contribution in [3.8, 4) is 0 Å². The predicted octanol–water partition coefficient (Wildman–Crippen LogP) is 2.12. The van der Waals surface area contributed by atoms with Crippen LogP contribution in [0.2, 0.25) is 0 Å². The third-order valence-electron chi connectivity index (χ3n) is 3.84. The summed E-state index contributed by atoms with van der Waals surface area (Å²) in [6.07, 6.45) is 7.01. The van der Waals surface area contributed by atoms with Gasteiger partial charge in [0.05, 0.1) is 13.0 Å². The number of nitrogens with zero attached hydrogens (tertiary/aromatic N) is 1. The van der Waals surface area contributed by atoms with Crippen LogP contribution in [0, 0.1) is 5.92 Å². The van der Waals surface area contributed by atoms with Crippen LogP contribution < -0.4 is 0 Å². The second-order valence-electron chi connectivity index (χ2n) is 5.30. The van der Waals surface area contributed by atoms with Crippen LogP contribution in [0.3, 0.4) is 0 Å². The highest BCUT2D eigenvalue weighted by atomic mass is 16.5. The van der Waals surface area contributed by atoms with Crippen LogP contribution in [-0.4, -0.2) is 36.0 Å². The lowest BCUT2D eigenvalue weighted by molar-refractivity contribution is -0.144. The first-order chi connectivity index (χ1) is 8.72. The Morgan fingerprint density at radius 3 is 2.39 bits per heavy atom. The maximum atomic E-state index is 12.2. The van der Waals surface area contributed by atoms with Crippen molar-refractivity contribution in [2.24, 2.45) is 5.92 Å². The SMILES string of the molecule is CCOC(=O)CCN(C(=O)C1CC1)C1CCCC1. The van der Waals surface area contributed by atoms with Gasteiger partial charge in [0.25, 0.3) is 0 Å². The van der Waals surface area contributed by atoms with Gasteiger partial charge >= 0.3 is 5.97 Å². The van der Waals surface area contributed by atoms with Crippen molar-refractivity contribution < 1.29 is 14.3 Å². The second kappa shape index (κ2) is 6.21. The Balaban J connectivity index is 1.87. The molecule has 0 aromatic carbocycles. The van der Waals surface area contributed by atoms with Gasteiger partial charge in [-0.2, -0.15) is 0 Å². The van der Waals surface area contributed by atoms with Gasteiger partial charge < -0.3 is 9.64 Å². The molecule has 0 spiro atoms. The number of hydrogen-bond acceptors (Lipinski definition) is 3. The molecular formula is C14H23NO3. The molecule has 2 saturated carbocycles. The lowest BCUT2D eigenvalue weighted by Gasteiger charge is -2.29. The molecule has 18 heavy (non-hydrogen) atoms. The molecule has 0 unspecified atom stereocenters. The molecule has 0 aromatic heterocycles. The van der Waals surface area contributed by atoms with Crippen LogP contribution in [0.4, 0.5) is 0 Å². The highest BCUT2D eigenvalue weighted by Crippen LogP contribution is 2.34. The van der Waals surface area contributed by atoms with Gasteiger partial charge in [-0.25, -0.2) is 0 Å². The Hall–Kier alpha value is -1.06. The lowest BCUT2D eigenvalue weighted by atomic mass is 10.1. The summed E-state index contributed by atoms with van der Waals surface area (Å²) in [4.78, 5) is 25.6. The molecule has 2 aliphatic carbocycles. The van der Waals surface area contributed by atoms with E-state index in [1.807, 2.05) is 11.8 Å². The van der Waals surface area contributed by atoms with Gasteiger partial charge in [-0.3, -0.25) is 9.59 Å². The monoisotopic (exact) mass is 253 g/mol. The number of amides is 1. The number of ether oxygens (including phenoxy) is 1. The highest BCUT2D eigenvalue weighted by molar-refractivity contribution is 5.82. The van der Waals surface area contributed by atoms with E-state index in [-0.39, 0.29) is 17.8 Å². The Morgan fingerprint density at radius 2 is 1.83 bits per heavy atom. The molecule has 0 aromatic rings. The zero-order chi connectivity index (χ0) is 13.0. The largest absolute Gasteiger partial charge is 0.466 e. The van der Waals surface area contributed by atoms with Crippen molar-refractivity contribution in [2.75, 3.05) is 13.2 Å². The second-order valence-corrected chi connectivity index (χ2v) is 5.30. The summed E-state index contributed by atoms with van der Waals surface area (Å²) in [6.45, 7) is 2.76. The maximum absolute atomic E-state index is 12.2. The molecule has 0 atom stereocenters. The molecule has 0 N–H and O–H groups in total. The summed E-state index contributed by atoms with van der Waals surface area (Å²) >= 11 is 0. The van der Waals surface area contributed by atoms with Crippen molar-refractivity contribution in [2.45, 2.75) is 57.9 Å². The molecule has 2 fully saturated rings. The zero-order valence-corrected chi connectivity index (χ0v) is 11.2. The zero-order valence-electron chi connectivity index (χ0n) is 11.2. The van der Waals surface area contributed by atoms with E-state index < -0.39 is 0 Å². The predicted molar refractivity (Wildman–Crippen MR) is 67.9 cm³/mol. The first kappa shape index (κ1) is 13.4. The molecule has 0 heterocycles. The first-order valence-electron chi connectivity index (χ1n) is 7.18. The van der Waals surface area contributed by atoms with Crippen LogP contribution in [0.25, 0.3) is 0 Å². The van der Waals surface area contributed by atoms with E-state index >= 15 is 0 Å². The number of hydrogen-bond donors (Lipinski definition) is 0. The van der Waals surface area contributed by atoms with E-state index in [0.717, 1.165) is 25.7 Å². The van der Waals surface area contributed by atoms with Crippen molar-refractivity contribution in [1.82, 2.24) is 4.90 Å². The minimum Gasteiger partial charge on any atom is -0.466 e. The van der Waals surface area contributed by atoms with Crippen molar-refractivity contribution in [1.29, 1.82) is 0 Å². The van der Waals surface area contributed by atoms with Crippen molar-refractivity contribution in [3.63, 3.8) is 0 Å². The number of esters is 1. The minimum atomic E-state index is -0.191. The highest BCUT2D eigenvalue weighted by Gasteiger charge is 2.37. The summed E-state index contributed by atoms with van der Waals surface area (Å²) in [5, 5.41) is 0. The molecule has 2 aliphatic rings. The fourth-order valence-corrected chi connectivity index (χ4v) is 2.70. The average molecular weight is 253 g/mol. The van der Waals surface area contributed by atoms with Crippen molar-refractivity contribution in [3.05, 3.63) is 0 Å². The van der Waals surface area contributed by atoms with E-state index in [2.05, 4.69) is 0 Å². The minimum absolute atomic E-state index is 0.191. The topological polar surface area (TPSA) is 46.6 Å². The van der Waals surface area contributed by atoms with Crippen molar-refractivity contribution >= 4 is 11.9 Å². The smallest absolute Gasteiger partial charge is 0.307 e. The summed E-state index contributed by atoms with van der Waals surface area (Å²) in [7, 11) is 0. The standard InChI is InChI=1S/C14H23NO3/c1-2-18-13(16)9-10-15(12-5-3-4-6-12)14(17)11-7-8-11/h11-12H,2-10H2,1H3. The molecule has 0 aliphatic heterocycles. The molecule has 0 radical (unpaired) electrons. The lowest BCUT2D eigenvalue weighted by Crippen LogP contribution is -2.41. The van der Waals surface area contributed by atoms with Gasteiger partial charge in [0.1, 0.15) is 0 Å². The molecule has 0 saturated heterocycles. The average Bonchev–Trinajstić information content (AvgIpc) is 3.07. The third-order valence-corrected chi connectivity index (χ3v) is 3.84. The van der Waals surface area contributed by atoms with Crippen LogP contribution in [-0.2, 0) is 14.3 Å². The maximum Gasteiger partial charge on any atom is 0.307 e. The molecule has 4 nitrogen and oxygen atoms in total. The van der Waals surface area contributed by atoms with Gasteiger partial charge in [-0.05, 0) is 32.6 Å². The Bertz CT molecular complexity index is 306. The Labute approximate surface area is 109 Å². The van der Waals surface area contributed by atoms with Gasteiger partial charge in [0.2, 0.25) is 5.91 Å². The molecule has 1 amide bonds. The summed E-state index contributed by atoms with van der Waals surface area (Å²) in [5.41, 5.74) is 0. The Morgan fingerprint density at radius 1 is 1.17 bits per heavy atom. The van der Waals surface area contributed by atoms with E-state index in [1.54, 1.807) is 0 Å². The molecule has 4 heteroatoms. The van der Waals surface area contributed by atoms with Crippen LogP contribution in [0.1, 0.15) is 51.9 Å². The Kier molecular flexibility index (Phi) is 4.61. The van der Waals surface area contributed by atoms with Crippen LogP contribution >= 0.6 is 0 Å². The van der Waals surface area contributed by atoms with Crippen LogP contribution in [0.5, 0.6) is 0 Å². The quantitative estimate of drug-likeness (QED) is 0.681. The van der Waals surface area contributed by atoms with E-state index in [9.17, 15) is 9.59 Å². The van der Waals surface area contributed by atoms with E-state index in [0.29, 0.717) is 25.6 Å². The van der Waals surface area contributed by atoms with E-state index in [1.165, 1.54) is 12.8 Å². The molecule has 2 rings (SSSR count). The summed E-state index contributed by atoms with van der Waals surface area (Å²) in [5.74, 6) is 0.322. The van der Waals surface area contributed by atoms with Crippen LogP contribution in [0.15, 0.2) is 0 Å². The molecule has 102 valence electrons. The molecule has 0 bridgehead atoms. The number of rotatable bonds is 6. The third kappa shape index (κ3) is 3.47. The van der Waals surface area contributed by atoms with Gasteiger partial charge in [0, 0.05) is 18.5 Å². The summed E-state index contributed by atoms with van der Waals surface area (Å²) < 4.78 is 4.93. The fraction of sp³-hybridized carbons (Fsp3) is 0.857.